The lowest BCUT2D eigenvalue weighted by molar-refractivity contribution is 0.533. The molecule has 2 heterocycles. The van der Waals surface area contributed by atoms with E-state index in [0.29, 0.717) is 6.04 Å². The van der Waals surface area contributed by atoms with Gasteiger partial charge in [0.1, 0.15) is 0 Å². The standard InChI is InChI=1S/C12H13BrN2/c1-7-12-9(4-5-14-7)10-6-8(13)2-3-11(10)15-12/h2-3,6-7,14-15H,4-5H2,1H3. The zero-order valence-corrected chi connectivity index (χ0v) is 10.2. The van der Waals surface area contributed by atoms with Gasteiger partial charge in [0.25, 0.3) is 0 Å². The minimum atomic E-state index is 0.444. The molecule has 1 aromatic heterocycles. The van der Waals surface area contributed by atoms with E-state index in [0.717, 1.165) is 17.4 Å². The monoisotopic (exact) mass is 264 g/mol. The highest BCUT2D eigenvalue weighted by atomic mass is 79.9. The first-order chi connectivity index (χ1) is 7.25. The predicted octanol–water partition coefficient (Wildman–Crippen LogP) is 3.14. The number of aromatic nitrogens is 1. The number of fused-ring (bicyclic) bond motifs is 3. The Balaban J connectivity index is 2.31. The first-order valence-electron chi connectivity index (χ1n) is 5.29. The van der Waals surface area contributed by atoms with Crippen LogP contribution in [0.25, 0.3) is 10.9 Å². The van der Waals surface area contributed by atoms with Gasteiger partial charge in [-0.3, -0.25) is 0 Å². The van der Waals surface area contributed by atoms with Crippen molar-refractivity contribution >= 4 is 26.8 Å². The van der Waals surface area contributed by atoms with E-state index in [1.54, 1.807) is 0 Å². The molecule has 78 valence electrons. The van der Waals surface area contributed by atoms with Crippen molar-refractivity contribution < 1.29 is 0 Å². The highest BCUT2D eigenvalue weighted by molar-refractivity contribution is 9.10. The molecule has 0 radical (unpaired) electrons. The third kappa shape index (κ3) is 1.42. The summed E-state index contributed by atoms with van der Waals surface area (Å²) in [5.74, 6) is 0. The fourth-order valence-corrected chi connectivity index (χ4v) is 2.76. The average Bonchev–Trinajstić information content (AvgIpc) is 2.58. The van der Waals surface area contributed by atoms with Crippen molar-refractivity contribution in [1.82, 2.24) is 10.3 Å². The van der Waals surface area contributed by atoms with Crippen LogP contribution in [0.3, 0.4) is 0 Å². The SMILES string of the molecule is CC1NCCc2c1[nH]c1ccc(Br)cc21. The number of hydrogen-bond donors (Lipinski definition) is 2. The van der Waals surface area contributed by atoms with Crippen molar-refractivity contribution in [1.29, 1.82) is 0 Å². The van der Waals surface area contributed by atoms with Gasteiger partial charge < -0.3 is 10.3 Å². The summed E-state index contributed by atoms with van der Waals surface area (Å²) >= 11 is 3.53. The Labute approximate surface area is 97.2 Å². The lowest BCUT2D eigenvalue weighted by Crippen LogP contribution is -2.27. The molecular weight excluding hydrogens is 252 g/mol. The van der Waals surface area contributed by atoms with Gasteiger partial charge in [-0.05, 0) is 43.7 Å². The van der Waals surface area contributed by atoms with Crippen LogP contribution < -0.4 is 5.32 Å². The molecule has 0 saturated carbocycles. The molecule has 3 heteroatoms. The molecular formula is C12H13BrN2. The Hall–Kier alpha value is -0.800. The van der Waals surface area contributed by atoms with Gasteiger partial charge >= 0.3 is 0 Å². The van der Waals surface area contributed by atoms with E-state index >= 15 is 0 Å². The molecule has 1 aromatic carbocycles. The van der Waals surface area contributed by atoms with Crippen LogP contribution in [0, 0.1) is 0 Å². The topological polar surface area (TPSA) is 27.8 Å². The third-order valence-electron chi connectivity index (χ3n) is 3.16. The second kappa shape index (κ2) is 3.35. The van der Waals surface area contributed by atoms with Gasteiger partial charge in [-0.15, -0.1) is 0 Å². The van der Waals surface area contributed by atoms with E-state index in [2.05, 4.69) is 51.4 Å². The minimum Gasteiger partial charge on any atom is -0.357 e. The maximum Gasteiger partial charge on any atom is 0.0460 e. The Morgan fingerprint density at radius 1 is 1.40 bits per heavy atom. The van der Waals surface area contributed by atoms with Crippen molar-refractivity contribution in [3.8, 4) is 0 Å². The molecule has 2 aromatic rings. The van der Waals surface area contributed by atoms with Crippen molar-refractivity contribution in [2.24, 2.45) is 0 Å². The van der Waals surface area contributed by atoms with Gasteiger partial charge in [-0.25, -0.2) is 0 Å². The van der Waals surface area contributed by atoms with E-state index < -0.39 is 0 Å². The Morgan fingerprint density at radius 3 is 3.13 bits per heavy atom. The highest BCUT2D eigenvalue weighted by Crippen LogP contribution is 2.31. The summed E-state index contributed by atoms with van der Waals surface area (Å²) in [6, 6.07) is 6.88. The number of halogens is 1. The van der Waals surface area contributed by atoms with Crippen molar-refractivity contribution in [3.05, 3.63) is 33.9 Å². The lowest BCUT2D eigenvalue weighted by Gasteiger charge is -2.20. The van der Waals surface area contributed by atoms with Crippen LogP contribution in [-0.2, 0) is 6.42 Å². The zero-order valence-electron chi connectivity index (χ0n) is 8.60. The van der Waals surface area contributed by atoms with E-state index in [4.69, 9.17) is 0 Å². The molecule has 1 aliphatic rings. The number of nitrogens with one attached hydrogen (secondary N) is 2. The van der Waals surface area contributed by atoms with Gasteiger partial charge in [-0.2, -0.15) is 0 Å². The first-order valence-corrected chi connectivity index (χ1v) is 6.08. The van der Waals surface area contributed by atoms with Gasteiger partial charge in [0.15, 0.2) is 0 Å². The second-order valence-corrected chi connectivity index (χ2v) is 5.05. The Morgan fingerprint density at radius 2 is 2.27 bits per heavy atom. The first kappa shape index (κ1) is 9.43. The van der Waals surface area contributed by atoms with Crippen molar-refractivity contribution in [2.75, 3.05) is 6.54 Å². The minimum absolute atomic E-state index is 0.444. The normalized spacial score (nSPS) is 20.5. The molecule has 2 N–H and O–H groups in total. The van der Waals surface area contributed by atoms with Gasteiger partial charge in [0, 0.05) is 27.1 Å². The van der Waals surface area contributed by atoms with E-state index in [9.17, 15) is 0 Å². The zero-order chi connectivity index (χ0) is 10.4. The maximum atomic E-state index is 3.53. The molecule has 0 spiro atoms. The average molecular weight is 265 g/mol. The predicted molar refractivity (Wildman–Crippen MR) is 66.1 cm³/mol. The molecule has 0 fully saturated rings. The maximum absolute atomic E-state index is 3.53. The van der Waals surface area contributed by atoms with Crippen molar-refractivity contribution in [3.63, 3.8) is 0 Å². The largest absolute Gasteiger partial charge is 0.357 e. The summed E-state index contributed by atoms with van der Waals surface area (Å²) < 4.78 is 1.16. The van der Waals surface area contributed by atoms with Crippen molar-refractivity contribution in [2.45, 2.75) is 19.4 Å². The van der Waals surface area contributed by atoms with Crippen LogP contribution in [0.2, 0.25) is 0 Å². The van der Waals surface area contributed by atoms with E-state index in [1.165, 1.54) is 22.2 Å². The molecule has 0 saturated heterocycles. The third-order valence-corrected chi connectivity index (χ3v) is 3.65. The van der Waals surface area contributed by atoms with Crippen LogP contribution in [-0.4, -0.2) is 11.5 Å². The second-order valence-electron chi connectivity index (χ2n) is 4.13. The van der Waals surface area contributed by atoms with Crippen LogP contribution in [0.5, 0.6) is 0 Å². The molecule has 3 rings (SSSR count). The molecule has 0 amide bonds. The van der Waals surface area contributed by atoms with Crippen LogP contribution >= 0.6 is 15.9 Å². The summed E-state index contributed by atoms with van der Waals surface area (Å²) in [4.78, 5) is 3.51. The number of hydrogen-bond acceptors (Lipinski definition) is 1. The van der Waals surface area contributed by atoms with Crippen LogP contribution in [0.1, 0.15) is 24.2 Å². The highest BCUT2D eigenvalue weighted by Gasteiger charge is 2.20. The van der Waals surface area contributed by atoms with Gasteiger partial charge in [0.05, 0.1) is 0 Å². The molecule has 1 aliphatic heterocycles. The molecule has 15 heavy (non-hydrogen) atoms. The summed E-state index contributed by atoms with van der Waals surface area (Å²) in [7, 11) is 0. The van der Waals surface area contributed by atoms with Crippen LogP contribution in [0.15, 0.2) is 22.7 Å². The summed E-state index contributed by atoms with van der Waals surface area (Å²) in [5, 5.41) is 4.84. The van der Waals surface area contributed by atoms with Gasteiger partial charge in [0.2, 0.25) is 0 Å². The quantitative estimate of drug-likeness (QED) is 0.752. The number of benzene rings is 1. The smallest absolute Gasteiger partial charge is 0.0460 e. The summed E-state index contributed by atoms with van der Waals surface area (Å²) in [6.45, 7) is 3.29. The molecule has 2 nitrogen and oxygen atoms in total. The summed E-state index contributed by atoms with van der Waals surface area (Å²) in [5.41, 5.74) is 4.09. The Kier molecular flexibility index (Phi) is 2.11. The number of aromatic amines is 1. The molecule has 0 bridgehead atoms. The summed E-state index contributed by atoms with van der Waals surface area (Å²) in [6.07, 6.45) is 1.12. The Bertz CT molecular complexity index is 516. The molecule has 1 atom stereocenters. The van der Waals surface area contributed by atoms with Gasteiger partial charge in [-0.1, -0.05) is 15.9 Å². The molecule has 1 unspecified atom stereocenters. The lowest BCUT2D eigenvalue weighted by atomic mass is 10.0. The molecule has 0 aliphatic carbocycles. The number of H-pyrrole nitrogens is 1. The fourth-order valence-electron chi connectivity index (χ4n) is 2.40. The fraction of sp³-hybridized carbons (Fsp3) is 0.333. The van der Waals surface area contributed by atoms with E-state index in [1.807, 2.05) is 0 Å². The number of rotatable bonds is 0. The van der Waals surface area contributed by atoms with Crippen LogP contribution in [0.4, 0.5) is 0 Å². The van der Waals surface area contributed by atoms with E-state index in [-0.39, 0.29) is 0 Å².